The van der Waals surface area contributed by atoms with E-state index < -0.39 is 0 Å². The number of benzene rings is 1. The molecule has 6 heteroatoms. The van der Waals surface area contributed by atoms with E-state index in [-0.39, 0.29) is 0 Å². The van der Waals surface area contributed by atoms with Crippen LogP contribution in [0.1, 0.15) is 34.1 Å². The van der Waals surface area contributed by atoms with Crippen molar-refractivity contribution in [3.63, 3.8) is 0 Å². The van der Waals surface area contributed by atoms with E-state index >= 15 is 0 Å². The molecule has 23 heavy (non-hydrogen) atoms. The molecule has 0 aliphatic heterocycles. The van der Waals surface area contributed by atoms with E-state index in [4.69, 9.17) is 28.3 Å². The third-order valence-corrected chi connectivity index (χ3v) is 4.56. The fourth-order valence-electron chi connectivity index (χ4n) is 2.32. The Hall–Kier alpha value is -1.10. The maximum Gasteiger partial charge on any atom is 0.206 e. The molecule has 0 radical (unpaired) electrons. The number of rotatable bonds is 5. The largest absolute Gasteiger partial charge is 0.258 e. The molecule has 0 fully saturated rings. The van der Waals surface area contributed by atoms with E-state index in [9.17, 15) is 0 Å². The SMILES string of the molecule is CCN=c1scc(-c2ccc(Cl)cc2Cl)n1/N=C(/C)CC(C)C. The highest BCUT2D eigenvalue weighted by molar-refractivity contribution is 7.07. The standard InChI is InChI=1S/C17H21Cl2N3S/c1-5-20-17-22(21-12(4)8-11(2)3)16(10-23-17)14-7-6-13(18)9-15(14)19/h6-7,9-11H,5,8H2,1-4H3/b20-17?,21-12-. The predicted molar refractivity (Wildman–Crippen MR) is 102 cm³/mol. The van der Waals surface area contributed by atoms with E-state index in [1.165, 1.54) is 0 Å². The van der Waals surface area contributed by atoms with E-state index in [1.807, 2.05) is 36.0 Å². The summed E-state index contributed by atoms with van der Waals surface area (Å²) in [7, 11) is 0. The summed E-state index contributed by atoms with van der Waals surface area (Å²) >= 11 is 13.9. The van der Waals surface area contributed by atoms with Gasteiger partial charge in [-0.1, -0.05) is 37.0 Å². The Kier molecular flexibility index (Phi) is 6.45. The van der Waals surface area contributed by atoms with Crippen LogP contribution in [0.5, 0.6) is 0 Å². The average Bonchev–Trinajstić information content (AvgIpc) is 2.81. The van der Waals surface area contributed by atoms with Crippen LogP contribution in [0.2, 0.25) is 10.0 Å². The van der Waals surface area contributed by atoms with Crippen LogP contribution in [-0.2, 0) is 0 Å². The molecule has 1 aromatic heterocycles. The molecule has 0 spiro atoms. The van der Waals surface area contributed by atoms with E-state index in [1.54, 1.807) is 17.4 Å². The molecule has 0 saturated heterocycles. The van der Waals surface area contributed by atoms with Gasteiger partial charge < -0.3 is 0 Å². The maximum atomic E-state index is 6.37. The lowest BCUT2D eigenvalue weighted by atomic mass is 10.1. The monoisotopic (exact) mass is 369 g/mol. The van der Waals surface area contributed by atoms with Crippen LogP contribution in [0.4, 0.5) is 0 Å². The van der Waals surface area contributed by atoms with Gasteiger partial charge in [-0.25, -0.2) is 4.68 Å². The molecule has 0 unspecified atom stereocenters. The van der Waals surface area contributed by atoms with E-state index in [2.05, 4.69) is 18.8 Å². The van der Waals surface area contributed by atoms with Gasteiger partial charge in [-0.3, -0.25) is 4.99 Å². The van der Waals surface area contributed by atoms with Gasteiger partial charge in [0, 0.05) is 28.2 Å². The number of hydrogen-bond acceptors (Lipinski definition) is 3. The molecule has 0 atom stereocenters. The molecule has 124 valence electrons. The quantitative estimate of drug-likeness (QED) is 0.603. The number of hydrogen-bond donors (Lipinski definition) is 0. The normalized spacial score (nSPS) is 13.2. The van der Waals surface area contributed by atoms with Gasteiger partial charge in [0.25, 0.3) is 0 Å². The minimum Gasteiger partial charge on any atom is -0.258 e. The third-order valence-electron chi connectivity index (χ3n) is 3.16. The highest BCUT2D eigenvalue weighted by atomic mass is 35.5. The number of thiazole rings is 1. The smallest absolute Gasteiger partial charge is 0.206 e. The summed E-state index contributed by atoms with van der Waals surface area (Å²) in [4.78, 5) is 5.41. The van der Waals surface area contributed by atoms with Crippen molar-refractivity contribution in [1.82, 2.24) is 4.68 Å². The minimum absolute atomic E-state index is 0.562. The lowest BCUT2D eigenvalue weighted by Gasteiger charge is -2.09. The van der Waals surface area contributed by atoms with Gasteiger partial charge in [0.1, 0.15) is 0 Å². The summed E-state index contributed by atoms with van der Waals surface area (Å²) in [6.45, 7) is 9.15. The van der Waals surface area contributed by atoms with Gasteiger partial charge in [-0.05, 0) is 44.4 Å². The Labute approximate surface area is 151 Å². The molecule has 2 aromatic rings. The zero-order chi connectivity index (χ0) is 17.0. The van der Waals surface area contributed by atoms with Gasteiger partial charge in [0.15, 0.2) is 0 Å². The molecule has 0 saturated carbocycles. The van der Waals surface area contributed by atoms with Crippen LogP contribution in [0.3, 0.4) is 0 Å². The molecule has 3 nitrogen and oxygen atoms in total. The molecule has 2 rings (SSSR count). The fraction of sp³-hybridized carbons (Fsp3) is 0.412. The van der Waals surface area contributed by atoms with Gasteiger partial charge in [0.2, 0.25) is 4.80 Å². The zero-order valence-electron chi connectivity index (χ0n) is 13.8. The van der Waals surface area contributed by atoms with Crippen LogP contribution in [-0.4, -0.2) is 16.9 Å². The summed E-state index contributed by atoms with van der Waals surface area (Å²) in [6.07, 6.45) is 0.947. The summed E-state index contributed by atoms with van der Waals surface area (Å²) in [5.74, 6) is 0.562. The van der Waals surface area contributed by atoms with Crippen molar-refractivity contribution in [1.29, 1.82) is 0 Å². The Morgan fingerprint density at radius 3 is 2.65 bits per heavy atom. The van der Waals surface area contributed by atoms with Gasteiger partial charge in [-0.15, -0.1) is 11.3 Å². The van der Waals surface area contributed by atoms with Crippen molar-refractivity contribution >= 4 is 40.3 Å². The average molecular weight is 370 g/mol. The Balaban J connectivity index is 2.59. The highest BCUT2D eigenvalue weighted by Gasteiger charge is 2.12. The first-order chi connectivity index (χ1) is 10.9. The molecular weight excluding hydrogens is 349 g/mol. The molecule has 1 heterocycles. The second-order valence-electron chi connectivity index (χ2n) is 5.75. The van der Waals surface area contributed by atoms with Crippen LogP contribution in [0, 0.1) is 5.92 Å². The van der Waals surface area contributed by atoms with Crippen LogP contribution < -0.4 is 4.80 Å². The highest BCUT2D eigenvalue weighted by Crippen LogP contribution is 2.30. The predicted octanol–water partition coefficient (Wildman–Crippen LogP) is 5.71. The first-order valence-electron chi connectivity index (χ1n) is 7.63. The van der Waals surface area contributed by atoms with Crippen molar-refractivity contribution in [2.75, 3.05) is 6.54 Å². The maximum absolute atomic E-state index is 6.37. The lowest BCUT2D eigenvalue weighted by Crippen LogP contribution is -2.14. The van der Waals surface area contributed by atoms with Crippen molar-refractivity contribution in [3.05, 3.63) is 38.4 Å². The lowest BCUT2D eigenvalue weighted by molar-refractivity contribution is 0.675. The molecular formula is C17H21Cl2N3S. The number of aromatic nitrogens is 1. The first kappa shape index (κ1) is 18.2. The second kappa shape index (κ2) is 8.13. The van der Waals surface area contributed by atoms with Crippen molar-refractivity contribution in [2.24, 2.45) is 16.0 Å². The molecule has 0 bridgehead atoms. The minimum atomic E-state index is 0.562. The summed E-state index contributed by atoms with van der Waals surface area (Å²) in [6, 6.07) is 5.51. The van der Waals surface area contributed by atoms with Gasteiger partial charge >= 0.3 is 0 Å². The topological polar surface area (TPSA) is 29.6 Å². The molecule has 1 aromatic carbocycles. The number of nitrogens with zero attached hydrogens (tertiary/aromatic N) is 3. The Morgan fingerprint density at radius 1 is 1.30 bits per heavy atom. The van der Waals surface area contributed by atoms with Crippen molar-refractivity contribution in [3.8, 4) is 11.3 Å². The van der Waals surface area contributed by atoms with E-state index in [0.717, 1.165) is 28.2 Å². The van der Waals surface area contributed by atoms with Gasteiger partial charge in [0.05, 0.1) is 10.7 Å². The van der Waals surface area contributed by atoms with Crippen LogP contribution >= 0.6 is 34.5 Å². The van der Waals surface area contributed by atoms with Crippen LogP contribution in [0.25, 0.3) is 11.3 Å². The molecule has 0 amide bonds. The molecule has 0 N–H and O–H groups in total. The summed E-state index contributed by atoms with van der Waals surface area (Å²) < 4.78 is 1.89. The fourth-order valence-corrected chi connectivity index (χ4v) is 3.72. The number of halogens is 2. The second-order valence-corrected chi connectivity index (χ2v) is 7.43. The van der Waals surface area contributed by atoms with Crippen molar-refractivity contribution in [2.45, 2.75) is 34.1 Å². The Bertz CT molecular complexity index is 772. The summed E-state index contributed by atoms with van der Waals surface area (Å²) in [5.41, 5.74) is 2.92. The third kappa shape index (κ3) is 4.69. The molecule has 0 aliphatic carbocycles. The first-order valence-corrected chi connectivity index (χ1v) is 9.26. The van der Waals surface area contributed by atoms with E-state index in [0.29, 0.717) is 22.5 Å². The van der Waals surface area contributed by atoms with Gasteiger partial charge in [-0.2, -0.15) is 5.10 Å². The summed E-state index contributed by atoms with van der Waals surface area (Å²) in [5, 5.41) is 8.05. The van der Waals surface area contributed by atoms with Crippen molar-refractivity contribution < 1.29 is 0 Å². The Morgan fingerprint density at radius 2 is 2.04 bits per heavy atom. The van der Waals surface area contributed by atoms with Crippen LogP contribution in [0.15, 0.2) is 33.7 Å². The molecule has 0 aliphatic rings. The zero-order valence-corrected chi connectivity index (χ0v) is 16.1.